The Balaban J connectivity index is 2.47. The molecule has 0 saturated heterocycles. The van der Waals surface area contributed by atoms with Gasteiger partial charge in [0.1, 0.15) is 6.61 Å². The van der Waals surface area contributed by atoms with Gasteiger partial charge in [0.05, 0.1) is 0 Å². The zero-order chi connectivity index (χ0) is 15.0. The molecular weight excluding hydrogens is 266 g/mol. The second-order valence-electron chi connectivity index (χ2n) is 3.69. The lowest BCUT2D eigenvalue weighted by Gasteiger charge is -2.11. The van der Waals surface area contributed by atoms with Crippen LogP contribution in [-0.4, -0.2) is 40.7 Å². The molecule has 0 aliphatic rings. The average Bonchev–Trinajstić information content (AvgIpc) is 2.41. The van der Waals surface area contributed by atoms with Crippen molar-refractivity contribution >= 4 is 24.0 Å². The molecule has 1 atom stereocenters. The molecule has 0 amide bonds. The van der Waals surface area contributed by atoms with E-state index in [0.717, 1.165) is 13.0 Å². The van der Waals surface area contributed by atoms with Gasteiger partial charge in [-0.05, 0) is 17.7 Å². The zero-order valence-electron chi connectivity index (χ0n) is 10.7. The highest BCUT2D eigenvalue weighted by Crippen LogP contribution is 2.00. The number of carboxylic acid groups (broad SMARTS) is 1. The maximum absolute atomic E-state index is 11.4. The van der Waals surface area contributed by atoms with Crippen LogP contribution in [0.3, 0.4) is 0 Å². The minimum Gasteiger partial charge on any atom is -0.478 e. The molecule has 0 radical (unpaired) electrons. The normalized spacial score (nSPS) is 11.8. The molecule has 7 heteroatoms. The Bertz CT molecular complexity index is 511. The van der Waals surface area contributed by atoms with Gasteiger partial charge in [-0.1, -0.05) is 6.07 Å². The standard InChI is InChI=1S/C13H13NO6/c1-9(15)20-11(13(17)18)8-19-12(16)5-4-10-3-2-6-14-7-10/h2-7,11H,8H2,1H3,(H,17,18)/b5-4+/t11-/m0/s1. The minimum atomic E-state index is -1.51. The van der Waals surface area contributed by atoms with Gasteiger partial charge in [-0.15, -0.1) is 0 Å². The Morgan fingerprint density at radius 1 is 1.45 bits per heavy atom. The second kappa shape index (κ2) is 7.67. The molecular formula is C13H13NO6. The molecule has 1 rings (SSSR count). The molecule has 1 aromatic heterocycles. The lowest BCUT2D eigenvalue weighted by molar-refractivity contribution is -0.168. The molecule has 0 saturated carbocycles. The van der Waals surface area contributed by atoms with Crippen molar-refractivity contribution in [2.45, 2.75) is 13.0 Å². The van der Waals surface area contributed by atoms with E-state index in [1.807, 2.05) is 0 Å². The summed E-state index contributed by atoms with van der Waals surface area (Å²) < 4.78 is 9.16. The highest BCUT2D eigenvalue weighted by molar-refractivity contribution is 5.87. The molecule has 0 spiro atoms. The number of aromatic nitrogens is 1. The molecule has 0 aliphatic heterocycles. The van der Waals surface area contributed by atoms with E-state index in [0.29, 0.717) is 5.56 Å². The van der Waals surface area contributed by atoms with Crippen LogP contribution in [0, 0.1) is 0 Å². The Morgan fingerprint density at radius 3 is 2.75 bits per heavy atom. The topological polar surface area (TPSA) is 103 Å². The van der Waals surface area contributed by atoms with E-state index in [-0.39, 0.29) is 0 Å². The van der Waals surface area contributed by atoms with Gasteiger partial charge in [0.2, 0.25) is 6.10 Å². The highest BCUT2D eigenvalue weighted by atomic mass is 16.6. The maximum Gasteiger partial charge on any atom is 0.348 e. The predicted molar refractivity (Wildman–Crippen MR) is 67.4 cm³/mol. The van der Waals surface area contributed by atoms with E-state index in [1.54, 1.807) is 24.5 Å². The first-order valence-electron chi connectivity index (χ1n) is 5.64. The molecule has 0 fully saturated rings. The van der Waals surface area contributed by atoms with Crippen molar-refractivity contribution in [1.82, 2.24) is 4.98 Å². The molecule has 0 bridgehead atoms. The van der Waals surface area contributed by atoms with E-state index in [2.05, 4.69) is 14.5 Å². The first-order valence-corrected chi connectivity index (χ1v) is 5.64. The third-order valence-corrected chi connectivity index (χ3v) is 2.06. The van der Waals surface area contributed by atoms with Crippen LogP contribution in [0.25, 0.3) is 6.08 Å². The van der Waals surface area contributed by atoms with Crippen molar-refractivity contribution in [3.63, 3.8) is 0 Å². The van der Waals surface area contributed by atoms with Gasteiger partial charge in [-0.3, -0.25) is 9.78 Å². The van der Waals surface area contributed by atoms with Crippen molar-refractivity contribution in [1.29, 1.82) is 0 Å². The van der Waals surface area contributed by atoms with Crippen LogP contribution in [0.15, 0.2) is 30.6 Å². The first kappa shape index (κ1) is 15.4. The van der Waals surface area contributed by atoms with Crippen molar-refractivity contribution in [3.8, 4) is 0 Å². The molecule has 7 nitrogen and oxygen atoms in total. The first-order chi connectivity index (χ1) is 9.49. The number of carbonyl (C=O) groups is 3. The van der Waals surface area contributed by atoms with Crippen LogP contribution >= 0.6 is 0 Å². The van der Waals surface area contributed by atoms with E-state index >= 15 is 0 Å². The van der Waals surface area contributed by atoms with E-state index in [1.165, 1.54) is 6.08 Å². The smallest absolute Gasteiger partial charge is 0.348 e. The largest absolute Gasteiger partial charge is 0.478 e. The summed E-state index contributed by atoms with van der Waals surface area (Å²) in [4.78, 5) is 36.6. The van der Waals surface area contributed by atoms with Gasteiger partial charge in [0.15, 0.2) is 0 Å². The quantitative estimate of drug-likeness (QED) is 0.602. The molecule has 20 heavy (non-hydrogen) atoms. The SMILES string of the molecule is CC(=O)O[C@@H](COC(=O)/C=C/c1cccnc1)C(=O)O. The van der Waals surface area contributed by atoms with Crippen molar-refractivity contribution in [3.05, 3.63) is 36.2 Å². The fourth-order valence-electron chi connectivity index (χ4n) is 1.20. The molecule has 1 N–H and O–H groups in total. The number of pyridine rings is 1. The van der Waals surface area contributed by atoms with Crippen LogP contribution in [0.1, 0.15) is 12.5 Å². The Morgan fingerprint density at radius 2 is 2.20 bits per heavy atom. The van der Waals surface area contributed by atoms with Gasteiger partial charge in [0.25, 0.3) is 0 Å². The van der Waals surface area contributed by atoms with Gasteiger partial charge in [-0.25, -0.2) is 9.59 Å². The monoisotopic (exact) mass is 279 g/mol. The number of carboxylic acids is 1. The Hall–Kier alpha value is -2.70. The summed E-state index contributed by atoms with van der Waals surface area (Å²) in [6.07, 6.45) is 4.22. The van der Waals surface area contributed by atoms with Gasteiger partial charge in [0, 0.05) is 25.4 Å². The number of carbonyl (C=O) groups excluding carboxylic acids is 2. The highest BCUT2D eigenvalue weighted by Gasteiger charge is 2.22. The number of ether oxygens (including phenoxy) is 2. The number of aliphatic carboxylic acids is 1. The zero-order valence-corrected chi connectivity index (χ0v) is 10.7. The van der Waals surface area contributed by atoms with Crippen molar-refractivity contribution in [2.24, 2.45) is 0 Å². The number of hydrogen-bond donors (Lipinski definition) is 1. The summed E-state index contributed by atoms with van der Waals surface area (Å²) in [6, 6.07) is 3.43. The van der Waals surface area contributed by atoms with E-state index in [9.17, 15) is 14.4 Å². The third kappa shape index (κ3) is 5.76. The van der Waals surface area contributed by atoms with Gasteiger partial charge >= 0.3 is 17.9 Å². The third-order valence-electron chi connectivity index (χ3n) is 2.06. The van der Waals surface area contributed by atoms with Crippen LogP contribution in [0.2, 0.25) is 0 Å². The number of esters is 2. The summed E-state index contributed by atoms with van der Waals surface area (Å²) in [5.41, 5.74) is 0.694. The summed E-state index contributed by atoms with van der Waals surface area (Å²) in [6.45, 7) is 0.519. The van der Waals surface area contributed by atoms with Gasteiger partial charge in [-0.2, -0.15) is 0 Å². The second-order valence-corrected chi connectivity index (χ2v) is 3.69. The molecule has 106 valence electrons. The van der Waals surface area contributed by atoms with Gasteiger partial charge < -0.3 is 14.6 Å². The lowest BCUT2D eigenvalue weighted by atomic mass is 10.2. The molecule has 0 aromatic carbocycles. The molecule has 1 heterocycles. The van der Waals surface area contributed by atoms with Crippen LogP contribution < -0.4 is 0 Å². The Kier molecular flexibility index (Phi) is 5.89. The van der Waals surface area contributed by atoms with Crippen LogP contribution in [0.4, 0.5) is 0 Å². The average molecular weight is 279 g/mol. The number of nitrogens with zero attached hydrogens (tertiary/aromatic N) is 1. The lowest BCUT2D eigenvalue weighted by Crippen LogP contribution is -2.31. The Labute approximate surface area is 114 Å². The number of rotatable bonds is 6. The summed E-state index contributed by atoms with van der Waals surface area (Å²) in [7, 11) is 0. The molecule has 1 aromatic rings. The van der Waals surface area contributed by atoms with E-state index < -0.39 is 30.6 Å². The summed E-state index contributed by atoms with van der Waals surface area (Å²) in [5.74, 6) is -2.89. The van der Waals surface area contributed by atoms with E-state index in [4.69, 9.17) is 5.11 Å². The predicted octanol–water partition coefficient (Wildman–Crippen LogP) is 0.654. The van der Waals surface area contributed by atoms with Crippen molar-refractivity contribution in [2.75, 3.05) is 6.61 Å². The number of hydrogen-bond acceptors (Lipinski definition) is 6. The molecule has 0 unspecified atom stereocenters. The van der Waals surface area contributed by atoms with Crippen LogP contribution in [-0.2, 0) is 23.9 Å². The van der Waals surface area contributed by atoms with Crippen molar-refractivity contribution < 1.29 is 29.0 Å². The summed E-state index contributed by atoms with van der Waals surface area (Å²) >= 11 is 0. The fraction of sp³-hybridized carbons (Fsp3) is 0.231. The fourth-order valence-corrected chi connectivity index (χ4v) is 1.20. The van der Waals surface area contributed by atoms with Crippen LogP contribution in [0.5, 0.6) is 0 Å². The minimum absolute atomic E-state index is 0.550. The molecule has 0 aliphatic carbocycles. The maximum atomic E-state index is 11.4. The summed E-state index contributed by atoms with van der Waals surface area (Å²) in [5, 5.41) is 8.75.